The van der Waals surface area contributed by atoms with Crippen LogP contribution in [-0.4, -0.2) is 5.11 Å². The van der Waals surface area contributed by atoms with E-state index in [-0.39, 0.29) is 0 Å². The summed E-state index contributed by atoms with van der Waals surface area (Å²) in [6.07, 6.45) is 1.05. The van der Waals surface area contributed by atoms with E-state index in [1.165, 1.54) is 0 Å². The third kappa shape index (κ3) is 3.56. The highest BCUT2D eigenvalue weighted by Crippen LogP contribution is 2.33. The first-order chi connectivity index (χ1) is 9.44. The fraction of sp³-hybridized carbons (Fsp3) is 0.250. The Bertz CT molecular complexity index is 615. The number of hydrogen-bond acceptors (Lipinski definition) is 1. The minimum atomic E-state index is -0.943. The van der Waals surface area contributed by atoms with E-state index in [0.717, 1.165) is 15.6 Å². The number of rotatable bonds is 4. The summed E-state index contributed by atoms with van der Waals surface area (Å²) in [5.41, 5.74) is 0.821. The van der Waals surface area contributed by atoms with Crippen molar-refractivity contribution in [3.05, 3.63) is 68.1 Å². The Kier molecular flexibility index (Phi) is 5.14. The fourth-order valence-electron chi connectivity index (χ4n) is 2.19. The van der Waals surface area contributed by atoms with Crippen LogP contribution in [-0.2, 0) is 12.0 Å². The Morgan fingerprint density at radius 3 is 2.50 bits per heavy atom. The van der Waals surface area contributed by atoms with Crippen molar-refractivity contribution in [2.24, 2.45) is 0 Å². The molecule has 0 aliphatic carbocycles. The number of hydrogen-bond donors (Lipinski definition) is 1. The minimum absolute atomic E-state index is 0.454. The van der Waals surface area contributed by atoms with Crippen molar-refractivity contribution >= 4 is 39.1 Å². The maximum Gasteiger partial charge on any atom is 0.0935 e. The third-order valence-corrected chi connectivity index (χ3v) is 4.53. The zero-order valence-corrected chi connectivity index (χ0v) is 14.1. The van der Waals surface area contributed by atoms with Crippen LogP contribution in [0.15, 0.2) is 46.9 Å². The summed E-state index contributed by atoms with van der Waals surface area (Å²) in [4.78, 5) is 0. The smallest absolute Gasteiger partial charge is 0.0935 e. The average Bonchev–Trinajstić information content (AvgIpc) is 2.42. The van der Waals surface area contributed by atoms with Gasteiger partial charge in [0.05, 0.1) is 5.60 Å². The molecule has 0 aliphatic heterocycles. The van der Waals surface area contributed by atoms with Crippen molar-refractivity contribution in [3.8, 4) is 0 Å². The molecule has 1 unspecified atom stereocenters. The highest BCUT2D eigenvalue weighted by molar-refractivity contribution is 9.10. The van der Waals surface area contributed by atoms with Gasteiger partial charge in [0.25, 0.3) is 0 Å². The van der Waals surface area contributed by atoms with Crippen LogP contribution < -0.4 is 0 Å². The van der Waals surface area contributed by atoms with Crippen molar-refractivity contribution in [1.82, 2.24) is 0 Å². The number of aliphatic hydroxyl groups is 1. The molecule has 4 heteroatoms. The van der Waals surface area contributed by atoms with Crippen molar-refractivity contribution in [3.63, 3.8) is 0 Å². The molecule has 1 nitrogen and oxygen atoms in total. The van der Waals surface area contributed by atoms with Crippen molar-refractivity contribution in [2.45, 2.75) is 25.4 Å². The van der Waals surface area contributed by atoms with Crippen molar-refractivity contribution < 1.29 is 5.11 Å². The summed E-state index contributed by atoms with van der Waals surface area (Å²) in [6, 6.07) is 13.1. The van der Waals surface area contributed by atoms with E-state index in [2.05, 4.69) is 15.9 Å². The molecule has 0 spiro atoms. The molecule has 0 saturated carbocycles. The lowest BCUT2D eigenvalue weighted by atomic mass is 9.85. The van der Waals surface area contributed by atoms with Gasteiger partial charge >= 0.3 is 0 Å². The highest BCUT2D eigenvalue weighted by atomic mass is 79.9. The standard InChI is InChI=1S/C16H15BrCl2O/c1-2-16(20,12-4-3-5-13(17)8-12)10-11-6-7-14(18)9-15(11)19/h3-9,20H,2,10H2,1H3. The maximum atomic E-state index is 11.0. The first-order valence-electron chi connectivity index (χ1n) is 6.37. The molecule has 0 aromatic heterocycles. The molecule has 2 rings (SSSR count). The molecule has 1 N–H and O–H groups in total. The van der Waals surface area contributed by atoms with Gasteiger partial charge in [0.2, 0.25) is 0 Å². The van der Waals surface area contributed by atoms with E-state index in [0.29, 0.717) is 22.9 Å². The van der Waals surface area contributed by atoms with Crippen molar-refractivity contribution in [1.29, 1.82) is 0 Å². The van der Waals surface area contributed by atoms with E-state index in [9.17, 15) is 5.11 Å². The summed E-state index contributed by atoms with van der Waals surface area (Å²) in [6.45, 7) is 1.96. The first-order valence-corrected chi connectivity index (χ1v) is 7.92. The molecule has 0 aliphatic rings. The molecule has 2 aromatic rings. The normalized spacial score (nSPS) is 14.1. The van der Waals surface area contributed by atoms with Crippen LogP contribution in [0.4, 0.5) is 0 Å². The molecule has 0 bridgehead atoms. The molecule has 0 saturated heterocycles. The number of benzene rings is 2. The molecule has 0 fully saturated rings. The van der Waals surface area contributed by atoms with E-state index in [1.54, 1.807) is 12.1 Å². The Hall–Kier alpha value is -0.540. The van der Waals surface area contributed by atoms with Crippen LogP contribution in [0, 0.1) is 0 Å². The van der Waals surface area contributed by atoms with Gasteiger partial charge in [-0.1, -0.05) is 64.3 Å². The lowest BCUT2D eigenvalue weighted by molar-refractivity contribution is 0.0327. The summed E-state index contributed by atoms with van der Waals surface area (Å²) in [7, 11) is 0. The van der Waals surface area contributed by atoms with Gasteiger partial charge in [0.1, 0.15) is 0 Å². The Balaban J connectivity index is 2.36. The Morgan fingerprint density at radius 2 is 1.90 bits per heavy atom. The van der Waals surface area contributed by atoms with E-state index >= 15 is 0 Å². The SMILES string of the molecule is CCC(O)(Cc1ccc(Cl)cc1Cl)c1cccc(Br)c1. The second-order valence-electron chi connectivity index (χ2n) is 4.81. The molecule has 0 heterocycles. The van der Waals surface area contributed by atoms with Crippen LogP contribution >= 0.6 is 39.1 Å². The summed E-state index contributed by atoms with van der Waals surface area (Å²) in [5, 5.41) is 12.1. The predicted octanol–water partition coefficient (Wildman–Crippen LogP) is 5.60. The third-order valence-electron chi connectivity index (χ3n) is 3.44. The van der Waals surface area contributed by atoms with Gasteiger partial charge in [-0.2, -0.15) is 0 Å². The zero-order chi connectivity index (χ0) is 14.8. The first kappa shape index (κ1) is 15.8. The van der Waals surface area contributed by atoms with Gasteiger partial charge in [0.15, 0.2) is 0 Å². The monoisotopic (exact) mass is 372 g/mol. The van der Waals surface area contributed by atoms with E-state index in [4.69, 9.17) is 23.2 Å². The summed E-state index contributed by atoms with van der Waals surface area (Å²) < 4.78 is 0.948. The summed E-state index contributed by atoms with van der Waals surface area (Å²) >= 11 is 15.6. The maximum absolute atomic E-state index is 11.0. The van der Waals surface area contributed by atoms with Gasteiger partial charge in [0, 0.05) is 20.9 Å². The second-order valence-corrected chi connectivity index (χ2v) is 6.57. The lowest BCUT2D eigenvalue weighted by Gasteiger charge is -2.28. The Morgan fingerprint density at radius 1 is 1.15 bits per heavy atom. The quantitative estimate of drug-likeness (QED) is 0.739. The average molecular weight is 374 g/mol. The molecule has 0 radical (unpaired) electrons. The van der Waals surface area contributed by atoms with E-state index in [1.807, 2.05) is 37.3 Å². The van der Waals surface area contributed by atoms with Crippen LogP contribution in [0.25, 0.3) is 0 Å². The van der Waals surface area contributed by atoms with Crippen LogP contribution in [0.2, 0.25) is 10.0 Å². The lowest BCUT2D eigenvalue weighted by Crippen LogP contribution is -2.27. The molecule has 106 valence electrons. The van der Waals surface area contributed by atoms with Gasteiger partial charge in [-0.25, -0.2) is 0 Å². The number of halogens is 3. The molecular weight excluding hydrogens is 359 g/mol. The minimum Gasteiger partial charge on any atom is -0.385 e. The van der Waals surface area contributed by atoms with Gasteiger partial charge in [-0.05, 0) is 41.8 Å². The zero-order valence-electron chi connectivity index (χ0n) is 11.0. The summed E-state index contributed by atoms with van der Waals surface area (Å²) in [5.74, 6) is 0. The van der Waals surface area contributed by atoms with Crippen molar-refractivity contribution in [2.75, 3.05) is 0 Å². The highest BCUT2D eigenvalue weighted by Gasteiger charge is 2.28. The van der Waals surface area contributed by atoms with Crippen LogP contribution in [0.3, 0.4) is 0 Å². The largest absolute Gasteiger partial charge is 0.385 e. The molecule has 20 heavy (non-hydrogen) atoms. The van der Waals surface area contributed by atoms with Gasteiger partial charge in [-0.3, -0.25) is 0 Å². The Labute approximate surface area is 137 Å². The van der Waals surface area contributed by atoms with Gasteiger partial charge in [-0.15, -0.1) is 0 Å². The van der Waals surface area contributed by atoms with Gasteiger partial charge < -0.3 is 5.11 Å². The van der Waals surface area contributed by atoms with E-state index < -0.39 is 5.60 Å². The topological polar surface area (TPSA) is 20.2 Å². The van der Waals surface area contributed by atoms with Crippen LogP contribution in [0.5, 0.6) is 0 Å². The van der Waals surface area contributed by atoms with Crippen LogP contribution in [0.1, 0.15) is 24.5 Å². The fourth-order valence-corrected chi connectivity index (χ4v) is 3.06. The second kappa shape index (κ2) is 6.48. The molecule has 0 amide bonds. The molecule has 2 aromatic carbocycles. The molecule has 1 atom stereocenters. The molecular formula is C16H15BrCl2O. The predicted molar refractivity (Wildman–Crippen MR) is 88.5 cm³/mol.